The van der Waals surface area contributed by atoms with E-state index in [4.69, 9.17) is 16.9 Å². The lowest BCUT2D eigenvalue weighted by Gasteiger charge is -2.38. The van der Waals surface area contributed by atoms with E-state index in [2.05, 4.69) is 11.0 Å². The van der Waals surface area contributed by atoms with Gasteiger partial charge in [-0.2, -0.15) is 5.26 Å². The molecule has 2 heterocycles. The predicted molar refractivity (Wildman–Crippen MR) is 131 cm³/mol. The van der Waals surface area contributed by atoms with Crippen molar-refractivity contribution in [3.8, 4) is 6.07 Å². The fourth-order valence-electron chi connectivity index (χ4n) is 5.25. The molecular weight excluding hydrogens is 452 g/mol. The topological polar surface area (TPSA) is 87.9 Å². The second kappa shape index (κ2) is 9.55. The molecule has 2 saturated heterocycles. The molecule has 178 valence electrons. The van der Waals surface area contributed by atoms with E-state index in [0.717, 1.165) is 37.2 Å². The zero-order chi connectivity index (χ0) is 24.5. The van der Waals surface area contributed by atoms with E-state index in [9.17, 15) is 14.7 Å². The number of halogens is 1. The van der Waals surface area contributed by atoms with E-state index in [0.29, 0.717) is 23.7 Å². The summed E-state index contributed by atoms with van der Waals surface area (Å²) in [6.07, 6.45) is 0.477. The van der Waals surface area contributed by atoms with Crippen LogP contribution < -0.4 is 4.90 Å². The number of piperidine rings is 1. The Morgan fingerprint density at radius 2 is 1.74 bits per heavy atom. The van der Waals surface area contributed by atoms with Crippen LogP contribution in [0.1, 0.15) is 36.8 Å². The monoisotopic (exact) mass is 480 g/mol. The third-order valence-corrected chi connectivity index (χ3v) is 7.76. The lowest BCUT2D eigenvalue weighted by atomic mass is 9.82. The summed E-state index contributed by atoms with van der Waals surface area (Å²) < 4.78 is 0. The lowest BCUT2D eigenvalue weighted by molar-refractivity contribution is -0.135. The number of carbonyl (C=O) groups excluding carboxylic acids is 1. The molecule has 2 fully saturated rings. The molecule has 2 atom stereocenters. The zero-order valence-electron chi connectivity index (χ0n) is 19.4. The number of carboxylic acid groups (broad SMARTS) is 1. The van der Waals surface area contributed by atoms with Gasteiger partial charge in [0.25, 0.3) is 0 Å². The van der Waals surface area contributed by atoms with Gasteiger partial charge in [-0.1, -0.05) is 23.7 Å². The Kier molecular flexibility index (Phi) is 6.72. The van der Waals surface area contributed by atoms with Gasteiger partial charge in [0.1, 0.15) is 0 Å². The van der Waals surface area contributed by atoms with Crippen molar-refractivity contribution < 1.29 is 14.7 Å². The van der Waals surface area contributed by atoms with Crippen LogP contribution in [0.2, 0.25) is 5.02 Å². The number of hydrogen-bond acceptors (Lipinski definition) is 4. The van der Waals surface area contributed by atoms with E-state index < -0.39 is 11.6 Å². The zero-order valence-corrected chi connectivity index (χ0v) is 20.2. The molecule has 34 heavy (non-hydrogen) atoms. The molecule has 2 aliphatic rings. The molecule has 0 radical (unpaired) electrons. The average molecular weight is 481 g/mol. The number of benzene rings is 2. The van der Waals surface area contributed by atoms with Gasteiger partial charge < -0.3 is 19.8 Å². The maximum Gasteiger partial charge on any atom is 0.407 e. The summed E-state index contributed by atoms with van der Waals surface area (Å²) in [6, 6.07) is 17.1. The number of likely N-dealkylation sites (N-methyl/N-ethyl adjacent to an activating group) is 1. The quantitative estimate of drug-likeness (QED) is 0.699. The molecule has 2 aromatic rings. The molecular formula is C26H29ClN4O3. The second-order valence-electron chi connectivity index (χ2n) is 9.44. The van der Waals surface area contributed by atoms with Crippen LogP contribution in [0.3, 0.4) is 0 Å². The normalized spacial score (nSPS) is 22.9. The van der Waals surface area contributed by atoms with Gasteiger partial charge in [0.05, 0.1) is 17.2 Å². The van der Waals surface area contributed by atoms with Gasteiger partial charge in [-0.05, 0) is 61.7 Å². The Hall–Kier alpha value is -3.24. The number of rotatable bonds is 4. The van der Waals surface area contributed by atoms with Crippen LogP contribution in [0.25, 0.3) is 0 Å². The van der Waals surface area contributed by atoms with Crippen molar-refractivity contribution in [3.05, 3.63) is 64.7 Å². The van der Waals surface area contributed by atoms with Crippen LogP contribution >= 0.6 is 11.6 Å². The van der Waals surface area contributed by atoms with E-state index in [1.54, 1.807) is 19.2 Å². The van der Waals surface area contributed by atoms with Crippen LogP contribution in [0, 0.1) is 17.2 Å². The Labute approximate surface area is 205 Å². The van der Waals surface area contributed by atoms with Gasteiger partial charge in [-0.25, -0.2) is 4.79 Å². The molecule has 4 rings (SSSR count). The van der Waals surface area contributed by atoms with E-state index in [-0.39, 0.29) is 17.7 Å². The number of amides is 2. The summed E-state index contributed by atoms with van der Waals surface area (Å²) in [7, 11) is 1.58. The third-order valence-electron chi connectivity index (χ3n) is 7.51. The van der Waals surface area contributed by atoms with Gasteiger partial charge in [-0.3, -0.25) is 4.79 Å². The van der Waals surface area contributed by atoms with E-state index >= 15 is 0 Å². The van der Waals surface area contributed by atoms with Crippen LogP contribution in [-0.4, -0.2) is 65.7 Å². The first-order valence-electron chi connectivity index (χ1n) is 11.5. The molecule has 0 unspecified atom stereocenters. The van der Waals surface area contributed by atoms with Crippen molar-refractivity contribution in [1.82, 2.24) is 9.80 Å². The number of hydrogen-bond donors (Lipinski definition) is 1. The van der Waals surface area contributed by atoms with Crippen molar-refractivity contribution >= 4 is 29.3 Å². The van der Waals surface area contributed by atoms with Crippen molar-refractivity contribution in [3.63, 3.8) is 0 Å². The summed E-state index contributed by atoms with van der Waals surface area (Å²) in [4.78, 5) is 30.8. The summed E-state index contributed by atoms with van der Waals surface area (Å²) in [5.74, 6) is -0.132. The van der Waals surface area contributed by atoms with Gasteiger partial charge in [0.15, 0.2) is 0 Å². The highest BCUT2D eigenvalue weighted by Crippen LogP contribution is 2.41. The van der Waals surface area contributed by atoms with Gasteiger partial charge in [0, 0.05) is 55.8 Å². The summed E-state index contributed by atoms with van der Waals surface area (Å²) >= 11 is 6.07. The molecule has 0 bridgehead atoms. The third kappa shape index (κ3) is 4.55. The Balaban J connectivity index is 1.47. The molecule has 8 heteroatoms. The number of anilines is 1. The minimum atomic E-state index is -1.01. The first-order chi connectivity index (χ1) is 16.2. The van der Waals surface area contributed by atoms with Gasteiger partial charge in [-0.15, -0.1) is 0 Å². The van der Waals surface area contributed by atoms with Crippen molar-refractivity contribution in [2.75, 3.05) is 38.1 Å². The van der Waals surface area contributed by atoms with E-state index in [1.807, 2.05) is 48.2 Å². The van der Waals surface area contributed by atoms with Gasteiger partial charge in [0.2, 0.25) is 5.91 Å². The number of nitrogens with zero attached hydrogens (tertiary/aromatic N) is 4. The minimum Gasteiger partial charge on any atom is -0.465 e. The fourth-order valence-corrected chi connectivity index (χ4v) is 5.38. The second-order valence-corrected chi connectivity index (χ2v) is 9.88. The van der Waals surface area contributed by atoms with Crippen LogP contribution in [0.5, 0.6) is 0 Å². The molecule has 0 spiro atoms. The standard InChI is InChI=1S/C26H29ClN4O3/c1-26(29(2)25(33)34)17-31(16-23(26)19-5-7-21(27)8-6-19)24(32)20-11-13-30(14-12-20)22-9-3-18(15-28)4-10-22/h3-10,20,23H,11-14,16-17H2,1-2H3,(H,33,34)/t23-,26+/m1/s1. The molecule has 0 aromatic heterocycles. The largest absolute Gasteiger partial charge is 0.465 e. The maximum atomic E-state index is 13.5. The SMILES string of the molecule is CN(C(=O)O)[C@@]1(C)CN(C(=O)C2CCN(c3ccc(C#N)cc3)CC2)C[C@@H]1c1ccc(Cl)cc1. The Bertz CT molecular complexity index is 1090. The molecule has 2 aromatic carbocycles. The minimum absolute atomic E-state index is 0.0852. The highest BCUT2D eigenvalue weighted by Gasteiger charge is 2.50. The summed E-state index contributed by atoms with van der Waals surface area (Å²) in [5, 5.41) is 19.4. The average Bonchev–Trinajstić information content (AvgIpc) is 3.22. The first-order valence-corrected chi connectivity index (χ1v) is 11.9. The molecule has 2 aliphatic heterocycles. The molecule has 1 N–H and O–H groups in total. The molecule has 0 saturated carbocycles. The smallest absolute Gasteiger partial charge is 0.407 e. The fraction of sp³-hybridized carbons (Fsp3) is 0.423. The Morgan fingerprint density at radius 3 is 2.29 bits per heavy atom. The summed E-state index contributed by atoms with van der Waals surface area (Å²) in [6.45, 7) is 4.29. The predicted octanol–water partition coefficient (Wildman–Crippen LogP) is 4.42. The Morgan fingerprint density at radius 1 is 1.12 bits per heavy atom. The number of likely N-dealkylation sites (tertiary alicyclic amines) is 1. The van der Waals surface area contributed by atoms with Crippen LogP contribution in [0.4, 0.5) is 10.5 Å². The van der Waals surface area contributed by atoms with Crippen molar-refractivity contribution in [1.29, 1.82) is 5.26 Å². The molecule has 7 nitrogen and oxygen atoms in total. The number of carbonyl (C=O) groups is 2. The lowest BCUT2D eigenvalue weighted by Crippen LogP contribution is -2.52. The highest BCUT2D eigenvalue weighted by molar-refractivity contribution is 6.30. The molecule has 2 amide bonds. The van der Waals surface area contributed by atoms with Crippen molar-refractivity contribution in [2.45, 2.75) is 31.2 Å². The maximum absolute atomic E-state index is 13.5. The molecule has 0 aliphatic carbocycles. The van der Waals surface area contributed by atoms with Crippen molar-refractivity contribution in [2.24, 2.45) is 5.92 Å². The number of nitriles is 1. The van der Waals surface area contributed by atoms with E-state index in [1.165, 1.54) is 4.90 Å². The summed E-state index contributed by atoms with van der Waals surface area (Å²) in [5.41, 5.74) is 1.93. The van der Waals surface area contributed by atoms with Crippen LogP contribution in [-0.2, 0) is 4.79 Å². The first kappa shape index (κ1) is 23.9. The highest BCUT2D eigenvalue weighted by atomic mass is 35.5. The van der Waals surface area contributed by atoms with Crippen LogP contribution in [0.15, 0.2) is 48.5 Å². The van der Waals surface area contributed by atoms with Gasteiger partial charge >= 0.3 is 6.09 Å².